The number of hydrogen-bond acceptors (Lipinski definition) is 2. The van der Waals surface area contributed by atoms with E-state index in [0.717, 1.165) is 10.9 Å². The Morgan fingerprint density at radius 3 is 2.71 bits per heavy atom. The van der Waals surface area contributed by atoms with Gasteiger partial charge in [-0.05, 0) is 25.0 Å². The number of aliphatic hydroxyl groups excluding tert-OH is 1. The van der Waals surface area contributed by atoms with Gasteiger partial charge < -0.3 is 9.67 Å². The molecule has 1 N–H and O–H groups in total. The molecule has 1 aromatic carbocycles. The number of aliphatic hydroxyl groups is 1. The van der Waals surface area contributed by atoms with Gasteiger partial charge in [-0.3, -0.25) is 0 Å². The summed E-state index contributed by atoms with van der Waals surface area (Å²) in [6.07, 6.45) is 3.48. The minimum Gasteiger partial charge on any atom is -0.392 e. The maximum absolute atomic E-state index is 11.8. The summed E-state index contributed by atoms with van der Waals surface area (Å²) in [4.78, 5) is 0. The molecular weight excluding hydrogens is 195 g/mol. The first-order chi connectivity index (χ1) is 6.54. The second-order valence-corrected chi connectivity index (χ2v) is 6.75. The van der Waals surface area contributed by atoms with E-state index in [2.05, 4.69) is 0 Å². The Labute approximate surface area is 84.7 Å². The molecule has 0 spiro atoms. The van der Waals surface area contributed by atoms with Crippen LogP contribution in [0.4, 0.5) is 0 Å². The van der Waals surface area contributed by atoms with E-state index in [1.54, 1.807) is 19.4 Å². The summed E-state index contributed by atoms with van der Waals surface area (Å²) in [5, 5.41) is 9.49. The van der Waals surface area contributed by atoms with Crippen LogP contribution in [0.5, 0.6) is 0 Å². The Bertz CT molecular complexity index is 377. The maximum atomic E-state index is 11.8. The van der Waals surface area contributed by atoms with E-state index in [1.807, 2.05) is 30.3 Å². The van der Waals surface area contributed by atoms with Crippen molar-refractivity contribution >= 4 is 18.5 Å². The van der Waals surface area contributed by atoms with Gasteiger partial charge in [0, 0.05) is 5.30 Å². The van der Waals surface area contributed by atoms with Gasteiger partial charge in [0.15, 0.2) is 0 Å². The van der Waals surface area contributed by atoms with Crippen LogP contribution in [0.3, 0.4) is 0 Å². The smallest absolute Gasteiger partial charge is 0.109 e. The normalized spacial score (nSPS) is 12.2. The third-order valence-corrected chi connectivity index (χ3v) is 3.43. The first-order valence-corrected chi connectivity index (χ1v) is 7.07. The summed E-state index contributed by atoms with van der Waals surface area (Å²) in [7, 11) is -2.17. The molecule has 2 nitrogen and oxygen atoms in total. The quantitative estimate of drug-likeness (QED) is 0.774. The van der Waals surface area contributed by atoms with Gasteiger partial charge in [0.1, 0.15) is 7.14 Å². The van der Waals surface area contributed by atoms with Gasteiger partial charge in [-0.1, -0.05) is 30.4 Å². The van der Waals surface area contributed by atoms with Crippen molar-refractivity contribution in [2.45, 2.75) is 0 Å². The van der Waals surface area contributed by atoms with Crippen molar-refractivity contribution in [3.63, 3.8) is 0 Å². The van der Waals surface area contributed by atoms with Crippen molar-refractivity contribution < 1.29 is 9.67 Å². The number of hydrogen-bond donors (Lipinski definition) is 1. The second kappa shape index (κ2) is 4.59. The molecule has 76 valence electrons. The second-order valence-electron chi connectivity index (χ2n) is 3.53. The Hall–Kier alpha value is -0.850. The van der Waals surface area contributed by atoms with E-state index in [-0.39, 0.29) is 6.61 Å². The van der Waals surface area contributed by atoms with Crippen molar-refractivity contribution in [1.82, 2.24) is 0 Å². The van der Waals surface area contributed by atoms with Crippen LogP contribution in [0.1, 0.15) is 5.56 Å². The molecule has 0 aliphatic rings. The molecule has 0 atom stereocenters. The maximum Gasteiger partial charge on any atom is 0.109 e. The first kappa shape index (κ1) is 11.2. The van der Waals surface area contributed by atoms with Crippen LogP contribution >= 0.6 is 7.14 Å². The van der Waals surface area contributed by atoms with Crippen molar-refractivity contribution in [1.29, 1.82) is 0 Å². The van der Waals surface area contributed by atoms with Gasteiger partial charge in [0.05, 0.1) is 6.61 Å². The number of benzene rings is 1. The third kappa shape index (κ3) is 3.13. The van der Waals surface area contributed by atoms with Crippen LogP contribution in [-0.2, 0) is 4.57 Å². The topological polar surface area (TPSA) is 37.3 Å². The zero-order valence-corrected chi connectivity index (χ0v) is 9.37. The average molecular weight is 210 g/mol. The van der Waals surface area contributed by atoms with E-state index in [1.165, 1.54) is 0 Å². The van der Waals surface area contributed by atoms with Crippen LogP contribution in [-0.4, -0.2) is 25.0 Å². The minimum atomic E-state index is -2.17. The summed E-state index contributed by atoms with van der Waals surface area (Å²) in [6.45, 7) is 3.53. The summed E-state index contributed by atoms with van der Waals surface area (Å²) in [6, 6.07) is 7.57. The van der Waals surface area contributed by atoms with Crippen molar-refractivity contribution in [3.05, 3.63) is 35.9 Å². The third-order valence-electron chi connectivity index (χ3n) is 1.91. The fourth-order valence-corrected chi connectivity index (χ4v) is 2.06. The van der Waals surface area contributed by atoms with Gasteiger partial charge >= 0.3 is 0 Å². The molecule has 0 amide bonds. The molecule has 0 saturated carbocycles. The highest BCUT2D eigenvalue weighted by molar-refractivity contribution is 7.70. The van der Waals surface area contributed by atoms with Crippen LogP contribution in [0.15, 0.2) is 30.3 Å². The molecule has 1 rings (SSSR count). The molecule has 3 heteroatoms. The summed E-state index contributed by atoms with van der Waals surface area (Å²) in [5.74, 6) is 0. The summed E-state index contributed by atoms with van der Waals surface area (Å²) >= 11 is 0. The predicted octanol–water partition coefficient (Wildman–Crippen LogP) is 1.94. The molecule has 0 aromatic heterocycles. The van der Waals surface area contributed by atoms with E-state index in [9.17, 15) is 4.57 Å². The monoisotopic (exact) mass is 210 g/mol. The van der Waals surface area contributed by atoms with Gasteiger partial charge in [-0.15, -0.1) is 0 Å². The first-order valence-electron chi connectivity index (χ1n) is 4.47. The Morgan fingerprint density at radius 2 is 2.14 bits per heavy atom. The Morgan fingerprint density at radius 1 is 1.43 bits per heavy atom. The molecule has 0 radical (unpaired) electrons. The van der Waals surface area contributed by atoms with Crippen molar-refractivity contribution in [2.75, 3.05) is 19.9 Å². The predicted molar refractivity (Wildman–Crippen MR) is 61.7 cm³/mol. The molecular formula is C11H15O2P. The minimum absolute atomic E-state index is 0.0279. The molecule has 0 fully saturated rings. The average Bonchev–Trinajstić information content (AvgIpc) is 2.14. The molecule has 0 saturated heterocycles. The van der Waals surface area contributed by atoms with E-state index in [4.69, 9.17) is 5.11 Å². The molecule has 0 aliphatic heterocycles. The lowest BCUT2D eigenvalue weighted by atomic mass is 10.2. The fourth-order valence-electron chi connectivity index (χ4n) is 1.15. The lowest BCUT2D eigenvalue weighted by Crippen LogP contribution is -2.02. The molecule has 1 aromatic rings. The van der Waals surface area contributed by atoms with Crippen LogP contribution in [0.25, 0.3) is 6.08 Å². The number of rotatable bonds is 3. The Kier molecular flexibility index (Phi) is 3.68. The van der Waals surface area contributed by atoms with Gasteiger partial charge in [-0.2, -0.15) is 0 Å². The molecule has 14 heavy (non-hydrogen) atoms. The Balaban J connectivity index is 3.02. The zero-order valence-electron chi connectivity index (χ0n) is 8.47. The van der Waals surface area contributed by atoms with Gasteiger partial charge in [0.2, 0.25) is 0 Å². The fraction of sp³-hybridized carbons (Fsp3) is 0.273. The zero-order chi connectivity index (χ0) is 10.6. The van der Waals surface area contributed by atoms with Gasteiger partial charge in [0.25, 0.3) is 0 Å². The summed E-state index contributed by atoms with van der Waals surface area (Å²) in [5.41, 5.74) is 0.973. The highest BCUT2D eigenvalue weighted by atomic mass is 31.2. The SMILES string of the molecule is CP(C)(=O)c1cccc(/C=C/CO)c1. The van der Waals surface area contributed by atoms with Crippen LogP contribution in [0.2, 0.25) is 0 Å². The van der Waals surface area contributed by atoms with Crippen molar-refractivity contribution in [2.24, 2.45) is 0 Å². The molecule has 0 unspecified atom stereocenters. The molecule has 0 bridgehead atoms. The van der Waals surface area contributed by atoms with E-state index >= 15 is 0 Å². The summed E-state index contributed by atoms with van der Waals surface area (Å²) < 4.78 is 11.8. The van der Waals surface area contributed by atoms with Crippen LogP contribution < -0.4 is 5.30 Å². The van der Waals surface area contributed by atoms with E-state index in [0.29, 0.717) is 0 Å². The lowest BCUT2D eigenvalue weighted by Gasteiger charge is -2.06. The standard InChI is InChI=1S/C11H15O2P/c1-14(2,13)11-7-3-5-10(9-11)6-4-8-12/h3-7,9,12H,8H2,1-2H3/b6-4+. The van der Waals surface area contributed by atoms with Crippen LogP contribution in [0, 0.1) is 0 Å². The lowest BCUT2D eigenvalue weighted by molar-refractivity contribution is 0.343. The molecule has 0 aliphatic carbocycles. The van der Waals surface area contributed by atoms with Gasteiger partial charge in [-0.25, -0.2) is 0 Å². The highest BCUT2D eigenvalue weighted by Gasteiger charge is 2.09. The van der Waals surface area contributed by atoms with E-state index < -0.39 is 7.14 Å². The molecule has 0 heterocycles. The largest absolute Gasteiger partial charge is 0.392 e. The van der Waals surface area contributed by atoms with Crippen molar-refractivity contribution in [3.8, 4) is 0 Å². The highest BCUT2D eigenvalue weighted by Crippen LogP contribution is 2.34.